The number of nitrogens with one attached hydrogen (secondary N) is 1. The van der Waals surface area contributed by atoms with Crippen LogP contribution in [0, 0.1) is 5.92 Å². The summed E-state index contributed by atoms with van der Waals surface area (Å²) in [5, 5.41) is 31.7. The van der Waals surface area contributed by atoms with Crippen molar-refractivity contribution in [3.05, 3.63) is 90.3 Å². The zero-order valence-corrected chi connectivity index (χ0v) is 21.2. The van der Waals surface area contributed by atoms with E-state index in [1.165, 1.54) is 4.90 Å². The van der Waals surface area contributed by atoms with E-state index in [4.69, 9.17) is 10.8 Å². The first-order valence-corrected chi connectivity index (χ1v) is 12.4. The maximum Gasteiger partial charge on any atom is 0.264 e. The molecule has 10 nitrogen and oxygen atoms in total. The number of rotatable bonds is 11. The van der Waals surface area contributed by atoms with Crippen molar-refractivity contribution in [3.8, 4) is 0 Å². The van der Waals surface area contributed by atoms with Crippen LogP contribution in [0.25, 0.3) is 0 Å². The highest BCUT2D eigenvalue weighted by Crippen LogP contribution is 2.46. The topological polar surface area (TPSA) is 147 Å². The number of nitrogens with zero attached hydrogens (tertiary/aromatic N) is 4. The number of aromatic nitrogens is 3. The lowest BCUT2D eigenvalue weighted by atomic mass is 9.82. The number of nitrogens with two attached hydrogens (primary N) is 1. The first-order valence-electron chi connectivity index (χ1n) is 12.4. The largest absolute Gasteiger partial charge is 0.399 e. The normalized spacial score (nSPS) is 17.6. The molecule has 0 radical (unpaired) electrons. The van der Waals surface area contributed by atoms with Gasteiger partial charge in [-0.25, -0.2) is 0 Å². The summed E-state index contributed by atoms with van der Waals surface area (Å²) in [6.45, 7) is 6.34. The highest BCUT2D eigenvalue weighted by atomic mass is 16.3. The van der Waals surface area contributed by atoms with Crippen LogP contribution in [0.1, 0.15) is 35.0 Å². The van der Waals surface area contributed by atoms with Crippen LogP contribution < -0.4 is 16.0 Å². The van der Waals surface area contributed by atoms with Crippen molar-refractivity contribution >= 4 is 28.9 Å². The van der Waals surface area contributed by atoms with Crippen LogP contribution in [0.2, 0.25) is 0 Å². The second kappa shape index (κ2) is 11.4. The van der Waals surface area contributed by atoms with Crippen molar-refractivity contribution in [2.24, 2.45) is 5.92 Å². The molecule has 4 rings (SSSR count). The van der Waals surface area contributed by atoms with E-state index >= 15 is 0 Å². The van der Waals surface area contributed by atoms with Gasteiger partial charge >= 0.3 is 0 Å². The van der Waals surface area contributed by atoms with Crippen molar-refractivity contribution in [1.82, 2.24) is 15.0 Å². The van der Waals surface area contributed by atoms with Crippen molar-refractivity contribution in [2.45, 2.75) is 31.9 Å². The fourth-order valence-corrected chi connectivity index (χ4v) is 4.50. The van der Waals surface area contributed by atoms with Crippen LogP contribution in [0.15, 0.2) is 73.5 Å². The summed E-state index contributed by atoms with van der Waals surface area (Å²) in [6, 6.07) is 11.6. The molecule has 0 unspecified atom stereocenters. The van der Waals surface area contributed by atoms with Gasteiger partial charge in [0.25, 0.3) is 11.8 Å². The number of hydrogen-bond acceptors (Lipinski definition) is 7. The summed E-state index contributed by atoms with van der Waals surface area (Å²) >= 11 is 0. The van der Waals surface area contributed by atoms with E-state index in [1.54, 1.807) is 66.3 Å². The van der Waals surface area contributed by atoms with Gasteiger partial charge in [0.15, 0.2) is 5.60 Å². The minimum atomic E-state index is -1.82. The summed E-state index contributed by atoms with van der Waals surface area (Å²) in [5.74, 6) is -1.34. The number of carbonyl (C=O) groups excluding carboxylic acids is 2. The third-order valence-electron chi connectivity index (χ3n) is 6.57. The van der Waals surface area contributed by atoms with Gasteiger partial charge in [-0.3, -0.25) is 14.3 Å². The first-order chi connectivity index (χ1) is 18.3. The molecule has 0 saturated heterocycles. The zero-order valence-electron chi connectivity index (χ0n) is 21.2. The molecule has 1 aliphatic heterocycles. The van der Waals surface area contributed by atoms with Crippen LogP contribution in [-0.2, 0) is 23.4 Å². The maximum absolute atomic E-state index is 13.5. The smallest absolute Gasteiger partial charge is 0.264 e. The SMILES string of the molecule is C=CCN1C(=O)[C@@](O)([C@@H](C)/C=C/CCn2cc(CCO)nn2)c2cc(NC(=O)c3ccc(N)cc3)ccc21. The second-order valence-corrected chi connectivity index (χ2v) is 9.23. The molecule has 0 bridgehead atoms. The van der Waals surface area contributed by atoms with Crippen LogP contribution >= 0.6 is 0 Å². The minimum Gasteiger partial charge on any atom is -0.399 e. The first kappa shape index (κ1) is 26.8. The fraction of sp³-hybridized carbons (Fsp3) is 0.286. The molecular formula is C28H32N6O4. The summed E-state index contributed by atoms with van der Waals surface area (Å²) in [7, 11) is 0. The maximum atomic E-state index is 13.5. The summed E-state index contributed by atoms with van der Waals surface area (Å²) < 4.78 is 1.69. The predicted octanol–water partition coefficient (Wildman–Crippen LogP) is 2.65. The lowest BCUT2D eigenvalue weighted by molar-refractivity contribution is -0.139. The van der Waals surface area contributed by atoms with E-state index in [1.807, 2.05) is 12.2 Å². The van der Waals surface area contributed by atoms with Crippen LogP contribution in [-0.4, -0.2) is 50.2 Å². The quantitative estimate of drug-likeness (QED) is 0.226. The van der Waals surface area contributed by atoms with Gasteiger partial charge in [0.1, 0.15) is 0 Å². The van der Waals surface area contributed by atoms with Crippen LogP contribution in [0.3, 0.4) is 0 Å². The van der Waals surface area contributed by atoms with Gasteiger partial charge < -0.3 is 26.2 Å². The number of anilines is 3. The molecule has 198 valence electrons. The van der Waals surface area contributed by atoms with Crippen molar-refractivity contribution in [2.75, 3.05) is 29.1 Å². The van der Waals surface area contributed by atoms with E-state index in [0.29, 0.717) is 53.3 Å². The van der Waals surface area contributed by atoms with Crippen LogP contribution in [0.5, 0.6) is 0 Å². The predicted molar refractivity (Wildman–Crippen MR) is 145 cm³/mol. The lowest BCUT2D eigenvalue weighted by Crippen LogP contribution is -2.44. The summed E-state index contributed by atoms with van der Waals surface area (Å²) in [4.78, 5) is 27.7. The Kier molecular flexibility index (Phi) is 8.04. The molecule has 10 heteroatoms. The number of amides is 2. The molecule has 0 spiro atoms. The molecule has 0 fully saturated rings. The number of fused-ring (bicyclic) bond motifs is 1. The van der Waals surface area contributed by atoms with E-state index in [0.717, 1.165) is 0 Å². The van der Waals surface area contributed by atoms with E-state index < -0.39 is 17.4 Å². The van der Waals surface area contributed by atoms with Gasteiger partial charge in [0, 0.05) is 60.7 Å². The molecule has 2 aromatic carbocycles. The Hall–Kier alpha value is -4.28. The third kappa shape index (κ3) is 5.36. The van der Waals surface area contributed by atoms with Crippen molar-refractivity contribution in [1.29, 1.82) is 0 Å². The van der Waals surface area contributed by atoms with Crippen molar-refractivity contribution < 1.29 is 19.8 Å². The molecule has 2 heterocycles. The number of aryl methyl sites for hydroxylation is 1. The van der Waals surface area contributed by atoms with Gasteiger partial charge in [0.05, 0.1) is 11.4 Å². The van der Waals surface area contributed by atoms with Crippen molar-refractivity contribution in [3.63, 3.8) is 0 Å². The highest BCUT2D eigenvalue weighted by Gasteiger charge is 2.52. The standard InChI is InChI=1S/C28H32N6O4/c1-3-14-34-25-12-11-22(30-26(36)20-7-9-21(29)10-8-20)17-24(25)28(38,27(34)37)19(2)6-4-5-15-33-18-23(13-16-35)31-32-33/h3-4,6-12,17-19,35,38H,1,5,13-16,29H2,2H3,(H,30,36)/b6-4+/t19-,28+/m0/s1. The Bertz CT molecular complexity index is 1350. The van der Waals surface area contributed by atoms with E-state index in [9.17, 15) is 14.7 Å². The zero-order chi connectivity index (χ0) is 27.3. The number of carbonyl (C=O) groups is 2. The molecule has 38 heavy (non-hydrogen) atoms. The third-order valence-corrected chi connectivity index (χ3v) is 6.57. The summed E-state index contributed by atoms with van der Waals surface area (Å²) in [5.41, 5.74) is 7.04. The van der Waals surface area contributed by atoms with Gasteiger partial charge in [0.2, 0.25) is 0 Å². The average molecular weight is 517 g/mol. The Balaban J connectivity index is 1.54. The molecule has 0 aliphatic carbocycles. The van der Waals surface area contributed by atoms with Gasteiger partial charge in [-0.05, 0) is 48.9 Å². The Morgan fingerprint density at radius 1 is 1.26 bits per heavy atom. The Labute approximate surface area is 221 Å². The van der Waals surface area contributed by atoms with Gasteiger partial charge in [-0.2, -0.15) is 0 Å². The van der Waals surface area contributed by atoms with Crippen LogP contribution in [0.4, 0.5) is 17.1 Å². The molecule has 3 aromatic rings. The lowest BCUT2D eigenvalue weighted by Gasteiger charge is -2.27. The molecule has 1 aromatic heterocycles. The van der Waals surface area contributed by atoms with Gasteiger partial charge in [-0.1, -0.05) is 30.4 Å². The summed E-state index contributed by atoms with van der Waals surface area (Å²) in [6.07, 6.45) is 8.15. The van der Waals surface area contributed by atoms with E-state index in [2.05, 4.69) is 22.2 Å². The number of aliphatic hydroxyl groups excluding tert-OH is 1. The monoisotopic (exact) mass is 516 g/mol. The van der Waals surface area contributed by atoms with E-state index in [-0.39, 0.29) is 19.1 Å². The number of aliphatic hydroxyl groups is 2. The van der Waals surface area contributed by atoms with Gasteiger partial charge in [-0.15, -0.1) is 11.7 Å². The number of benzene rings is 2. The fourth-order valence-electron chi connectivity index (χ4n) is 4.50. The molecular weight excluding hydrogens is 484 g/mol. The Morgan fingerprint density at radius 3 is 2.74 bits per heavy atom. The Morgan fingerprint density at radius 2 is 2.03 bits per heavy atom. The molecule has 0 saturated carbocycles. The molecule has 1 aliphatic rings. The molecule has 5 N–H and O–H groups in total. The minimum absolute atomic E-state index is 0.0137. The molecule has 2 atom stereocenters. The number of nitrogen functional groups attached to an aromatic ring is 1. The molecule has 2 amide bonds. The number of hydrogen-bond donors (Lipinski definition) is 4. The second-order valence-electron chi connectivity index (χ2n) is 9.23. The highest BCUT2D eigenvalue weighted by molar-refractivity contribution is 6.09. The average Bonchev–Trinajstić information content (AvgIpc) is 3.44. The number of allylic oxidation sites excluding steroid dienone is 1.